The Bertz CT molecular complexity index is 1180. The molecule has 0 atom stereocenters. The van der Waals surface area contributed by atoms with E-state index in [1.54, 1.807) is 37.6 Å². The van der Waals surface area contributed by atoms with Crippen LogP contribution >= 0.6 is 11.3 Å². The number of benzene rings is 2. The van der Waals surface area contributed by atoms with E-state index in [9.17, 15) is 9.59 Å². The highest BCUT2D eigenvalue weighted by atomic mass is 32.1. The SMILES string of the molecule is COCCCN(CC(=O)N(CCc1ccc(OC)c(OC)c1)Cc1ccc(C)s1)C(=O)NCc1ccccc1. The molecule has 0 aliphatic rings. The van der Waals surface area contributed by atoms with Crippen molar-refractivity contribution in [3.63, 3.8) is 0 Å². The van der Waals surface area contributed by atoms with Crippen LogP contribution in [0.2, 0.25) is 0 Å². The number of thiophene rings is 1. The van der Waals surface area contributed by atoms with Crippen LogP contribution in [0.5, 0.6) is 11.5 Å². The normalized spacial score (nSPS) is 10.7. The van der Waals surface area contributed by atoms with Crippen molar-refractivity contribution >= 4 is 23.3 Å². The van der Waals surface area contributed by atoms with E-state index in [-0.39, 0.29) is 18.5 Å². The van der Waals surface area contributed by atoms with E-state index in [1.807, 2.05) is 53.4 Å². The van der Waals surface area contributed by atoms with Crippen LogP contribution in [0, 0.1) is 6.92 Å². The van der Waals surface area contributed by atoms with Gasteiger partial charge in [0.2, 0.25) is 5.91 Å². The van der Waals surface area contributed by atoms with Crippen molar-refractivity contribution < 1.29 is 23.8 Å². The van der Waals surface area contributed by atoms with Gasteiger partial charge in [-0.25, -0.2) is 4.79 Å². The molecule has 8 nitrogen and oxygen atoms in total. The molecule has 0 fully saturated rings. The quantitative estimate of drug-likeness (QED) is 0.271. The number of methoxy groups -OCH3 is 3. The summed E-state index contributed by atoms with van der Waals surface area (Å²) in [6.45, 7) is 4.35. The fourth-order valence-corrected chi connectivity index (χ4v) is 5.06. The number of nitrogens with one attached hydrogen (secondary N) is 1. The average Bonchev–Trinajstić information content (AvgIpc) is 3.38. The van der Waals surface area contributed by atoms with E-state index >= 15 is 0 Å². The summed E-state index contributed by atoms with van der Waals surface area (Å²) in [4.78, 5) is 32.5. The predicted octanol–water partition coefficient (Wildman–Crippen LogP) is 4.89. The maximum absolute atomic E-state index is 13.7. The van der Waals surface area contributed by atoms with Gasteiger partial charge >= 0.3 is 6.03 Å². The number of ether oxygens (including phenoxy) is 3. The van der Waals surface area contributed by atoms with Crippen LogP contribution in [0.15, 0.2) is 60.7 Å². The Morgan fingerprint density at radius 2 is 1.64 bits per heavy atom. The third kappa shape index (κ3) is 9.60. The van der Waals surface area contributed by atoms with Gasteiger partial charge in [-0.2, -0.15) is 0 Å². The first kappa shape index (κ1) is 30.0. The number of hydrogen-bond acceptors (Lipinski definition) is 6. The smallest absolute Gasteiger partial charge is 0.318 e. The maximum atomic E-state index is 13.7. The molecule has 3 aromatic rings. The van der Waals surface area contributed by atoms with Crippen molar-refractivity contribution in [3.05, 3.63) is 81.5 Å². The summed E-state index contributed by atoms with van der Waals surface area (Å²) >= 11 is 1.67. The Morgan fingerprint density at radius 3 is 2.31 bits per heavy atom. The van der Waals surface area contributed by atoms with Gasteiger partial charge in [-0.05, 0) is 55.2 Å². The zero-order valence-electron chi connectivity index (χ0n) is 23.3. The second-order valence-electron chi connectivity index (χ2n) is 9.18. The molecule has 3 rings (SSSR count). The van der Waals surface area contributed by atoms with Crippen LogP contribution in [-0.4, -0.2) is 69.3 Å². The fourth-order valence-electron chi connectivity index (χ4n) is 4.15. The van der Waals surface area contributed by atoms with Crippen LogP contribution < -0.4 is 14.8 Å². The first-order valence-corrected chi connectivity index (χ1v) is 13.8. The predicted molar refractivity (Wildman–Crippen MR) is 154 cm³/mol. The standard InChI is InChI=1S/C30H39N3O5S/c1-23-11-13-26(39-23)21-32(17-15-24-12-14-27(37-3)28(19-24)38-4)29(34)22-33(16-8-18-36-2)30(35)31-20-25-9-6-5-7-10-25/h5-7,9-14,19H,8,15-18,20-22H2,1-4H3,(H,31,35). The van der Waals surface area contributed by atoms with E-state index in [0.29, 0.717) is 57.1 Å². The van der Waals surface area contributed by atoms with Gasteiger partial charge in [-0.15, -0.1) is 11.3 Å². The highest BCUT2D eigenvalue weighted by Gasteiger charge is 2.22. The lowest BCUT2D eigenvalue weighted by Crippen LogP contribution is -2.47. The van der Waals surface area contributed by atoms with Crippen molar-refractivity contribution in [2.75, 3.05) is 47.6 Å². The number of rotatable bonds is 15. The molecule has 0 unspecified atom stereocenters. The number of amides is 3. The van der Waals surface area contributed by atoms with Gasteiger partial charge in [-0.3, -0.25) is 4.79 Å². The molecule has 1 heterocycles. The summed E-state index contributed by atoms with van der Waals surface area (Å²) in [5.74, 6) is 1.21. The van der Waals surface area contributed by atoms with E-state index in [2.05, 4.69) is 24.4 Å². The lowest BCUT2D eigenvalue weighted by molar-refractivity contribution is -0.132. The molecule has 0 spiro atoms. The Morgan fingerprint density at radius 1 is 0.872 bits per heavy atom. The number of carbonyl (C=O) groups is 2. The minimum Gasteiger partial charge on any atom is -0.493 e. The third-order valence-electron chi connectivity index (χ3n) is 6.29. The van der Waals surface area contributed by atoms with Crippen LogP contribution in [0.25, 0.3) is 0 Å². The Kier molecular flexibility index (Phi) is 12.1. The molecule has 0 bridgehead atoms. The monoisotopic (exact) mass is 553 g/mol. The van der Waals surface area contributed by atoms with Gasteiger partial charge in [0, 0.05) is 43.1 Å². The Hall–Kier alpha value is -3.56. The van der Waals surface area contributed by atoms with E-state index in [1.165, 1.54) is 4.88 Å². The number of urea groups is 1. The molecule has 210 valence electrons. The maximum Gasteiger partial charge on any atom is 0.318 e. The molecule has 2 aromatic carbocycles. The number of hydrogen-bond donors (Lipinski definition) is 1. The lowest BCUT2D eigenvalue weighted by atomic mass is 10.1. The van der Waals surface area contributed by atoms with Crippen molar-refractivity contribution in [1.29, 1.82) is 0 Å². The molecule has 0 saturated heterocycles. The summed E-state index contributed by atoms with van der Waals surface area (Å²) in [6.07, 6.45) is 1.28. The van der Waals surface area contributed by atoms with Crippen molar-refractivity contribution in [3.8, 4) is 11.5 Å². The molecule has 9 heteroatoms. The number of aryl methyl sites for hydroxylation is 1. The van der Waals surface area contributed by atoms with Gasteiger partial charge in [0.25, 0.3) is 0 Å². The van der Waals surface area contributed by atoms with Crippen molar-refractivity contribution in [1.82, 2.24) is 15.1 Å². The molecule has 0 aliphatic carbocycles. The molecule has 39 heavy (non-hydrogen) atoms. The molecule has 1 aromatic heterocycles. The van der Waals surface area contributed by atoms with Gasteiger partial charge in [0.15, 0.2) is 11.5 Å². The fraction of sp³-hybridized carbons (Fsp3) is 0.400. The van der Waals surface area contributed by atoms with Gasteiger partial charge in [0.05, 0.1) is 20.8 Å². The van der Waals surface area contributed by atoms with E-state index in [4.69, 9.17) is 14.2 Å². The first-order chi connectivity index (χ1) is 18.9. The molecule has 1 N–H and O–H groups in total. The van der Waals surface area contributed by atoms with E-state index in [0.717, 1.165) is 16.0 Å². The molecule has 0 saturated carbocycles. The number of carbonyl (C=O) groups excluding carboxylic acids is 2. The Balaban J connectivity index is 1.72. The molecular weight excluding hydrogens is 514 g/mol. The van der Waals surface area contributed by atoms with Gasteiger partial charge < -0.3 is 29.3 Å². The summed E-state index contributed by atoms with van der Waals surface area (Å²) < 4.78 is 16.0. The van der Waals surface area contributed by atoms with Crippen LogP contribution in [-0.2, 0) is 29.0 Å². The van der Waals surface area contributed by atoms with E-state index < -0.39 is 0 Å². The zero-order chi connectivity index (χ0) is 28.0. The summed E-state index contributed by atoms with van der Waals surface area (Å²) in [7, 11) is 4.84. The van der Waals surface area contributed by atoms with Crippen LogP contribution in [0.1, 0.15) is 27.3 Å². The summed E-state index contributed by atoms with van der Waals surface area (Å²) in [5, 5.41) is 2.96. The Labute approximate surface area is 235 Å². The highest BCUT2D eigenvalue weighted by molar-refractivity contribution is 7.11. The summed E-state index contributed by atoms with van der Waals surface area (Å²) in [5.41, 5.74) is 2.03. The average molecular weight is 554 g/mol. The van der Waals surface area contributed by atoms with Gasteiger partial charge in [-0.1, -0.05) is 36.4 Å². The third-order valence-corrected chi connectivity index (χ3v) is 7.28. The van der Waals surface area contributed by atoms with Crippen molar-refractivity contribution in [2.24, 2.45) is 0 Å². The minimum atomic E-state index is -0.268. The first-order valence-electron chi connectivity index (χ1n) is 13.0. The molecule has 3 amide bonds. The molecule has 0 radical (unpaired) electrons. The molecule has 0 aliphatic heterocycles. The van der Waals surface area contributed by atoms with Crippen LogP contribution in [0.3, 0.4) is 0 Å². The number of nitrogens with zero attached hydrogens (tertiary/aromatic N) is 2. The largest absolute Gasteiger partial charge is 0.493 e. The summed E-state index contributed by atoms with van der Waals surface area (Å²) in [6, 6.07) is 19.4. The zero-order valence-corrected chi connectivity index (χ0v) is 24.1. The van der Waals surface area contributed by atoms with Crippen LogP contribution in [0.4, 0.5) is 4.79 Å². The topological polar surface area (TPSA) is 80.3 Å². The van der Waals surface area contributed by atoms with Crippen molar-refractivity contribution in [2.45, 2.75) is 32.9 Å². The second-order valence-corrected chi connectivity index (χ2v) is 10.6. The lowest BCUT2D eigenvalue weighted by Gasteiger charge is -2.28. The minimum absolute atomic E-state index is 0.0133. The highest BCUT2D eigenvalue weighted by Crippen LogP contribution is 2.28. The molecular formula is C30H39N3O5S. The second kappa shape index (κ2) is 15.8. The van der Waals surface area contributed by atoms with Gasteiger partial charge in [0.1, 0.15) is 6.54 Å².